The van der Waals surface area contributed by atoms with Gasteiger partial charge in [0.15, 0.2) is 0 Å². The molecule has 0 aromatic heterocycles. The van der Waals surface area contributed by atoms with Crippen LogP contribution in [0.15, 0.2) is 30.3 Å². The van der Waals surface area contributed by atoms with Gasteiger partial charge in [-0.05, 0) is 12.1 Å². The summed E-state index contributed by atoms with van der Waals surface area (Å²) < 4.78 is 0. The topological polar surface area (TPSA) is 61.4 Å². The van der Waals surface area contributed by atoms with Gasteiger partial charge in [0.2, 0.25) is 0 Å². The first-order valence-electron chi connectivity index (χ1n) is 3.55. The van der Waals surface area contributed by atoms with Crippen LogP contribution in [0.3, 0.4) is 0 Å². The Kier molecular flexibility index (Phi) is 3.25. The third-order valence-corrected chi connectivity index (χ3v) is 1.36. The van der Waals surface area contributed by atoms with Crippen LogP contribution in [0, 0.1) is 0 Å². The van der Waals surface area contributed by atoms with Gasteiger partial charge in [0.25, 0.3) is 5.91 Å². The van der Waals surface area contributed by atoms with E-state index in [1.54, 1.807) is 24.3 Å². The van der Waals surface area contributed by atoms with Crippen molar-refractivity contribution in [1.29, 1.82) is 0 Å². The number of carbonyl (C=O) groups excluding carboxylic acids is 1. The van der Waals surface area contributed by atoms with Crippen molar-refractivity contribution in [3.63, 3.8) is 0 Å². The van der Waals surface area contributed by atoms with E-state index in [0.717, 1.165) is 0 Å². The smallest absolute Gasteiger partial charge is 0.252 e. The lowest BCUT2D eigenvalue weighted by atomic mass is 10.2. The summed E-state index contributed by atoms with van der Waals surface area (Å²) in [6.07, 6.45) is 0. The van der Waals surface area contributed by atoms with Crippen LogP contribution < -0.4 is 10.8 Å². The molecule has 0 saturated carbocycles. The van der Waals surface area contributed by atoms with Crippen molar-refractivity contribution in [2.45, 2.75) is 0 Å². The van der Waals surface area contributed by atoms with Gasteiger partial charge in [0.1, 0.15) is 0 Å². The molecule has 0 aliphatic heterocycles. The van der Waals surface area contributed by atoms with Crippen molar-refractivity contribution in [2.24, 2.45) is 0 Å². The molecule has 0 radical (unpaired) electrons. The Hall–Kier alpha value is -1.39. The van der Waals surface area contributed by atoms with Crippen LogP contribution in [0.4, 0.5) is 0 Å². The van der Waals surface area contributed by atoms with Gasteiger partial charge in [-0.3, -0.25) is 4.79 Å². The van der Waals surface area contributed by atoms with Crippen LogP contribution in [-0.4, -0.2) is 17.8 Å². The van der Waals surface area contributed by atoms with E-state index in [4.69, 9.17) is 5.21 Å². The Bertz CT molecular complexity index is 248. The predicted molar refractivity (Wildman–Crippen MR) is 43.7 cm³/mol. The summed E-state index contributed by atoms with van der Waals surface area (Å²) in [6.45, 7) is 0.0493. The van der Waals surface area contributed by atoms with Crippen molar-refractivity contribution in [2.75, 3.05) is 6.67 Å². The molecule has 64 valence electrons. The van der Waals surface area contributed by atoms with Crippen LogP contribution >= 0.6 is 0 Å². The van der Waals surface area contributed by atoms with Gasteiger partial charge in [-0.25, -0.2) is 0 Å². The van der Waals surface area contributed by atoms with Gasteiger partial charge in [-0.1, -0.05) is 18.2 Å². The van der Waals surface area contributed by atoms with Crippen LogP contribution in [0.2, 0.25) is 0 Å². The van der Waals surface area contributed by atoms with Gasteiger partial charge in [0.05, 0.1) is 6.67 Å². The first-order chi connectivity index (χ1) is 5.84. The highest BCUT2D eigenvalue weighted by Crippen LogP contribution is 1.96. The minimum absolute atomic E-state index is 0.0493. The fraction of sp³-hybridized carbons (Fsp3) is 0.125. The van der Waals surface area contributed by atoms with Gasteiger partial charge < -0.3 is 10.5 Å². The maximum atomic E-state index is 11.1. The van der Waals surface area contributed by atoms with E-state index in [2.05, 4.69) is 5.32 Å². The normalized spacial score (nSPS) is 9.42. The zero-order chi connectivity index (χ0) is 8.81. The Morgan fingerprint density at radius 2 is 2.00 bits per heavy atom. The quantitative estimate of drug-likeness (QED) is 0.448. The standard InChI is InChI=1S/C8H10N2O2/c11-8(9-6-10-12)7-4-2-1-3-5-7/h1-5,10,12H,6H2,(H,9,11). The number of benzene rings is 1. The SMILES string of the molecule is O=C(NCNO)c1ccccc1. The van der Waals surface area contributed by atoms with Crippen molar-refractivity contribution in [3.05, 3.63) is 35.9 Å². The van der Waals surface area contributed by atoms with Gasteiger partial charge in [0, 0.05) is 5.56 Å². The number of hydroxylamine groups is 1. The molecule has 4 nitrogen and oxygen atoms in total. The molecule has 1 aromatic carbocycles. The second-order valence-electron chi connectivity index (χ2n) is 2.21. The molecule has 0 atom stereocenters. The molecule has 0 aliphatic rings. The van der Waals surface area contributed by atoms with Crippen LogP contribution in [0.5, 0.6) is 0 Å². The van der Waals surface area contributed by atoms with Gasteiger partial charge in [-0.15, -0.1) is 0 Å². The minimum Gasteiger partial charge on any atom is -0.337 e. The van der Waals surface area contributed by atoms with Crippen molar-refractivity contribution >= 4 is 5.91 Å². The summed E-state index contributed by atoms with van der Waals surface area (Å²) in [4.78, 5) is 11.1. The minimum atomic E-state index is -0.211. The highest BCUT2D eigenvalue weighted by molar-refractivity contribution is 5.93. The summed E-state index contributed by atoms with van der Waals surface area (Å²) >= 11 is 0. The van der Waals surface area contributed by atoms with E-state index in [9.17, 15) is 4.79 Å². The average molecular weight is 166 g/mol. The van der Waals surface area contributed by atoms with Crippen molar-refractivity contribution in [3.8, 4) is 0 Å². The Morgan fingerprint density at radius 1 is 1.33 bits per heavy atom. The Morgan fingerprint density at radius 3 is 2.58 bits per heavy atom. The first kappa shape index (κ1) is 8.70. The summed E-state index contributed by atoms with van der Waals surface area (Å²) in [6, 6.07) is 8.79. The summed E-state index contributed by atoms with van der Waals surface area (Å²) in [5.41, 5.74) is 2.41. The monoisotopic (exact) mass is 166 g/mol. The largest absolute Gasteiger partial charge is 0.337 e. The first-order valence-corrected chi connectivity index (χ1v) is 3.55. The van der Waals surface area contributed by atoms with E-state index in [-0.39, 0.29) is 12.6 Å². The molecular weight excluding hydrogens is 156 g/mol. The summed E-state index contributed by atoms with van der Waals surface area (Å²) in [7, 11) is 0. The predicted octanol–water partition coefficient (Wildman–Crippen LogP) is 0.353. The zero-order valence-electron chi connectivity index (χ0n) is 6.45. The second-order valence-corrected chi connectivity index (χ2v) is 2.21. The van der Waals surface area contributed by atoms with E-state index >= 15 is 0 Å². The number of carbonyl (C=O) groups is 1. The molecule has 1 aromatic rings. The Labute approximate surface area is 70.2 Å². The maximum Gasteiger partial charge on any atom is 0.252 e. The number of amides is 1. The number of nitrogens with one attached hydrogen (secondary N) is 2. The molecule has 4 heteroatoms. The van der Waals surface area contributed by atoms with Crippen LogP contribution in [0.25, 0.3) is 0 Å². The van der Waals surface area contributed by atoms with Crippen molar-refractivity contribution < 1.29 is 10.0 Å². The fourth-order valence-electron chi connectivity index (χ4n) is 0.811. The molecule has 3 N–H and O–H groups in total. The third kappa shape index (κ3) is 2.34. The highest BCUT2D eigenvalue weighted by Gasteiger charge is 2.00. The molecule has 0 saturated heterocycles. The zero-order valence-corrected chi connectivity index (χ0v) is 6.45. The van der Waals surface area contributed by atoms with Gasteiger partial charge in [-0.2, -0.15) is 5.48 Å². The molecule has 12 heavy (non-hydrogen) atoms. The van der Waals surface area contributed by atoms with E-state index in [0.29, 0.717) is 5.56 Å². The maximum absolute atomic E-state index is 11.1. The molecular formula is C8H10N2O2. The molecule has 0 spiro atoms. The third-order valence-electron chi connectivity index (χ3n) is 1.36. The van der Waals surface area contributed by atoms with Gasteiger partial charge >= 0.3 is 0 Å². The number of hydrogen-bond donors (Lipinski definition) is 3. The molecule has 0 unspecified atom stereocenters. The number of hydrogen-bond acceptors (Lipinski definition) is 3. The van der Waals surface area contributed by atoms with E-state index in [1.165, 1.54) is 0 Å². The molecule has 1 amide bonds. The Balaban J connectivity index is 2.54. The van der Waals surface area contributed by atoms with E-state index < -0.39 is 0 Å². The van der Waals surface area contributed by atoms with Crippen LogP contribution in [-0.2, 0) is 0 Å². The average Bonchev–Trinajstić information content (AvgIpc) is 2.15. The lowest BCUT2D eigenvalue weighted by Crippen LogP contribution is -2.31. The lowest BCUT2D eigenvalue weighted by molar-refractivity contribution is 0.0904. The second kappa shape index (κ2) is 4.48. The fourth-order valence-corrected chi connectivity index (χ4v) is 0.811. The van der Waals surface area contributed by atoms with Crippen LogP contribution in [0.1, 0.15) is 10.4 Å². The molecule has 0 fully saturated rings. The summed E-state index contributed by atoms with van der Waals surface area (Å²) in [5, 5.41) is 10.6. The molecule has 0 aliphatic carbocycles. The number of rotatable bonds is 3. The summed E-state index contributed by atoms with van der Waals surface area (Å²) in [5.74, 6) is -0.211. The highest BCUT2D eigenvalue weighted by atomic mass is 16.5. The molecule has 0 heterocycles. The molecule has 0 bridgehead atoms. The molecule has 1 rings (SSSR count). The van der Waals surface area contributed by atoms with Crippen molar-refractivity contribution in [1.82, 2.24) is 10.8 Å². The van der Waals surface area contributed by atoms with E-state index in [1.807, 2.05) is 11.5 Å². The lowest BCUT2D eigenvalue weighted by Gasteiger charge is -2.01.